The summed E-state index contributed by atoms with van der Waals surface area (Å²) in [5.41, 5.74) is 1.91. The van der Waals surface area contributed by atoms with Crippen LogP contribution in [0.15, 0.2) is 60.7 Å². The molecule has 12 nitrogen and oxygen atoms in total. The lowest BCUT2D eigenvalue weighted by Crippen LogP contribution is -2.46. The molecule has 0 radical (unpaired) electrons. The largest absolute Gasteiger partial charge is 0.445 e. The van der Waals surface area contributed by atoms with E-state index in [-0.39, 0.29) is 48.8 Å². The van der Waals surface area contributed by atoms with E-state index in [1.165, 1.54) is 0 Å². The molecule has 2 aromatic carbocycles. The number of aliphatic hydroxyl groups is 1. The number of aliphatic hydroxyl groups excluding tert-OH is 1. The van der Waals surface area contributed by atoms with Crippen molar-refractivity contribution in [3.8, 4) is 0 Å². The fourth-order valence-electron chi connectivity index (χ4n) is 4.77. The van der Waals surface area contributed by atoms with Gasteiger partial charge >= 0.3 is 12.2 Å². The number of alkyl carbamates (subject to hydrolysis) is 2. The summed E-state index contributed by atoms with van der Waals surface area (Å²) in [6.45, 7) is 17.3. The number of carbonyl (C=O) groups excluding carboxylic acids is 4. The van der Waals surface area contributed by atoms with E-state index in [4.69, 9.17) is 19.0 Å². The molecule has 13 heteroatoms. The fourth-order valence-corrected chi connectivity index (χ4v) is 5.82. The summed E-state index contributed by atoms with van der Waals surface area (Å²) in [5.74, 6) is 0.0343. The van der Waals surface area contributed by atoms with Crippen molar-refractivity contribution in [1.29, 1.82) is 0 Å². The smallest absolute Gasteiger partial charge is 0.407 e. The molecule has 2 aromatic rings. The van der Waals surface area contributed by atoms with Crippen molar-refractivity contribution in [2.75, 3.05) is 26.3 Å². The molecule has 0 heterocycles. The first-order valence-electron chi connectivity index (χ1n) is 19.9. The van der Waals surface area contributed by atoms with Gasteiger partial charge in [0.1, 0.15) is 13.2 Å². The summed E-state index contributed by atoms with van der Waals surface area (Å²) in [5, 5.41) is 20.5. The Bertz CT molecular complexity index is 1340. The first-order chi connectivity index (χ1) is 26.2. The Kier molecular flexibility index (Phi) is 25.4. The Morgan fingerprint density at radius 2 is 1.07 bits per heavy atom. The number of unbranched alkanes of at least 4 members (excludes halogenated alkanes) is 4. The molecule has 0 aliphatic rings. The van der Waals surface area contributed by atoms with E-state index in [1.807, 2.05) is 67.6 Å². The van der Waals surface area contributed by atoms with Crippen molar-refractivity contribution in [2.45, 2.75) is 142 Å². The van der Waals surface area contributed by atoms with Crippen LogP contribution in [0, 0.1) is 0 Å². The second kappa shape index (κ2) is 28.5. The summed E-state index contributed by atoms with van der Waals surface area (Å²) in [4.78, 5) is 47.1. The maximum Gasteiger partial charge on any atom is 0.407 e. The second-order valence-electron chi connectivity index (χ2n) is 15.2. The van der Waals surface area contributed by atoms with Crippen LogP contribution in [-0.4, -0.2) is 75.8 Å². The molecule has 5 N–H and O–H groups in total. The lowest BCUT2D eigenvalue weighted by Gasteiger charge is -2.37. The van der Waals surface area contributed by atoms with Gasteiger partial charge in [-0.2, -0.15) is 0 Å². The molecule has 0 saturated heterocycles. The third-order valence-electron chi connectivity index (χ3n) is 9.51. The summed E-state index contributed by atoms with van der Waals surface area (Å²) in [6, 6.07) is 19.0. The van der Waals surface area contributed by atoms with Gasteiger partial charge in [-0.1, -0.05) is 108 Å². The summed E-state index contributed by atoms with van der Waals surface area (Å²) in [6.07, 6.45) is 6.58. The van der Waals surface area contributed by atoms with E-state index < -0.39 is 20.5 Å². The third kappa shape index (κ3) is 24.2. The van der Waals surface area contributed by atoms with Gasteiger partial charge in [0, 0.05) is 25.9 Å². The van der Waals surface area contributed by atoms with Crippen molar-refractivity contribution >= 4 is 32.3 Å². The maximum atomic E-state index is 12.2. The molecule has 2 rings (SSSR count). The van der Waals surface area contributed by atoms with E-state index in [2.05, 4.69) is 62.1 Å². The number of benzene rings is 2. The molecule has 2 atom stereocenters. The normalized spacial score (nSPS) is 12.3. The minimum absolute atomic E-state index is 0.0305. The van der Waals surface area contributed by atoms with Crippen LogP contribution < -0.4 is 21.3 Å². The monoisotopic (exact) mass is 786 g/mol. The lowest BCUT2D eigenvalue weighted by molar-refractivity contribution is -0.123. The van der Waals surface area contributed by atoms with Crippen LogP contribution in [0.2, 0.25) is 18.1 Å². The molecule has 310 valence electrons. The van der Waals surface area contributed by atoms with Gasteiger partial charge < -0.3 is 40.3 Å². The van der Waals surface area contributed by atoms with Crippen LogP contribution >= 0.6 is 0 Å². The predicted molar refractivity (Wildman–Crippen MR) is 221 cm³/mol. The number of carbonyl (C=O) groups is 4. The highest BCUT2D eigenvalue weighted by Gasteiger charge is 2.37. The van der Waals surface area contributed by atoms with E-state index >= 15 is 0 Å². The van der Waals surface area contributed by atoms with Crippen molar-refractivity contribution in [3.05, 3.63) is 71.8 Å². The summed E-state index contributed by atoms with van der Waals surface area (Å²) in [7, 11) is -1.81. The fraction of sp³-hybridized carbons (Fsp3) is 0.619. The van der Waals surface area contributed by atoms with Crippen molar-refractivity contribution in [2.24, 2.45) is 0 Å². The SMILES string of the molecule is CCC(CO)NC(=O)CCCCCNC(=O)OCc1ccccc1.CCC(CO[Si](C)(C)C(C)(C)C)NC(=O)CCCCCNC(=O)OCc1ccccc1. The number of hydrogen-bond donors (Lipinski definition) is 5. The van der Waals surface area contributed by atoms with E-state index in [1.54, 1.807) is 0 Å². The van der Waals surface area contributed by atoms with Crippen LogP contribution in [0.5, 0.6) is 0 Å². The zero-order chi connectivity index (χ0) is 41.0. The van der Waals surface area contributed by atoms with Crippen LogP contribution in [0.25, 0.3) is 0 Å². The molecule has 0 aliphatic carbocycles. The third-order valence-corrected chi connectivity index (χ3v) is 14.0. The number of rotatable bonds is 24. The van der Waals surface area contributed by atoms with Crippen LogP contribution in [0.1, 0.15) is 110 Å². The number of ether oxygens (including phenoxy) is 2. The lowest BCUT2D eigenvalue weighted by atomic mass is 10.1. The first kappa shape index (κ1) is 49.1. The zero-order valence-corrected chi connectivity index (χ0v) is 35.5. The average molecular weight is 787 g/mol. The quantitative estimate of drug-likeness (QED) is 0.0533. The highest BCUT2D eigenvalue weighted by atomic mass is 28.4. The van der Waals surface area contributed by atoms with Gasteiger partial charge in [-0.25, -0.2) is 9.59 Å². The Labute approximate surface area is 331 Å². The van der Waals surface area contributed by atoms with Gasteiger partial charge in [-0.05, 0) is 67.8 Å². The topological polar surface area (TPSA) is 164 Å². The Morgan fingerprint density at radius 1 is 0.655 bits per heavy atom. The molecule has 0 spiro atoms. The van der Waals surface area contributed by atoms with Crippen LogP contribution in [0.4, 0.5) is 9.59 Å². The predicted octanol–water partition coefficient (Wildman–Crippen LogP) is 7.75. The van der Waals surface area contributed by atoms with Gasteiger partial charge in [-0.15, -0.1) is 0 Å². The second-order valence-corrected chi connectivity index (χ2v) is 20.0. The molecule has 0 fully saturated rings. The van der Waals surface area contributed by atoms with Crippen LogP contribution in [-0.2, 0) is 36.7 Å². The summed E-state index contributed by atoms with van der Waals surface area (Å²) < 4.78 is 16.5. The number of amides is 4. The Balaban J connectivity index is 0.000000568. The number of hydrogen-bond acceptors (Lipinski definition) is 8. The van der Waals surface area contributed by atoms with Gasteiger partial charge in [0.2, 0.25) is 11.8 Å². The van der Waals surface area contributed by atoms with Gasteiger partial charge in [0.25, 0.3) is 0 Å². The molecule has 2 unspecified atom stereocenters. The van der Waals surface area contributed by atoms with Gasteiger partial charge in [0.15, 0.2) is 8.32 Å². The van der Waals surface area contributed by atoms with Crippen molar-refractivity contribution in [3.63, 3.8) is 0 Å². The highest BCUT2D eigenvalue weighted by Crippen LogP contribution is 2.36. The molecule has 0 bridgehead atoms. The highest BCUT2D eigenvalue weighted by molar-refractivity contribution is 6.74. The average Bonchev–Trinajstić information content (AvgIpc) is 3.17. The minimum atomic E-state index is -1.81. The standard InChI is InChI=1S/C24H42N2O4Si.C18H28N2O4/c1-7-21(19-30-31(5,6)24(2,3)4)26-22(27)16-12-9-13-17-25-23(28)29-18-20-14-10-8-11-15-20;1-2-16(13-21)20-17(22)11-7-4-8-12-19-18(23)24-14-15-9-5-3-6-10-15/h8,10-11,14-15,21H,7,9,12-13,16-19H2,1-6H3,(H,25,28)(H,26,27);3,5-6,9-10,16,21H,2,4,7-8,11-14H2,1H3,(H,19,23)(H,20,22). The molecule has 4 amide bonds. The maximum absolute atomic E-state index is 12.2. The van der Waals surface area contributed by atoms with E-state index in [0.717, 1.165) is 62.5 Å². The first-order valence-corrected chi connectivity index (χ1v) is 22.8. The molecule has 0 saturated carbocycles. The molecule has 55 heavy (non-hydrogen) atoms. The minimum Gasteiger partial charge on any atom is -0.445 e. The zero-order valence-electron chi connectivity index (χ0n) is 34.5. The van der Waals surface area contributed by atoms with Gasteiger partial charge in [0.05, 0.1) is 25.3 Å². The molecular weight excluding hydrogens is 717 g/mol. The van der Waals surface area contributed by atoms with E-state index in [0.29, 0.717) is 32.5 Å². The Morgan fingerprint density at radius 3 is 1.45 bits per heavy atom. The van der Waals surface area contributed by atoms with Crippen molar-refractivity contribution < 1.29 is 38.2 Å². The van der Waals surface area contributed by atoms with Gasteiger partial charge in [-0.3, -0.25) is 9.59 Å². The van der Waals surface area contributed by atoms with Crippen LogP contribution in [0.3, 0.4) is 0 Å². The van der Waals surface area contributed by atoms with Crippen molar-refractivity contribution in [1.82, 2.24) is 21.3 Å². The molecular formula is C42H70N4O8Si. The summed E-state index contributed by atoms with van der Waals surface area (Å²) >= 11 is 0. The number of nitrogens with one attached hydrogen (secondary N) is 4. The van der Waals surface area contributed by atoms with E-state index in [9.17, 15) is 19.2 Å². The molecule has 0 aromatic heterocycles. The Hall–Kier alpha value is -3.94. The molecule has 0 aliphatic heterocycles.